The topological polar surface area (TPSA) is 74.6 Å². The molecule has 1 aliphatic heterocycles. The number of rotatable bonds is 5. The number of nitrogens with one attached hydrogen (secondary N) is 2. The number of allylic oxidation sites excluding steroid dienone is 1. The van der Waals surface area contributed by atoms with Crippen molar-refractivity contribution in [3.05, 3.63) is 95.3 Å². The number of Topliss-reactive ketones (excluding diaryl/α,β-unsaturated/α-hetero) is 1. The summed E-state index contributed by atoms with van der Waals surface area (Å²) in [5, 5.41) is 6.26. The van der Waals surface area contributed by atoms with Crippen LogP contribution in [0.25, 0.3) is 0 Å². The molecule has 6 nitrogen and oxygen atoms in total. The summed E-state index contributed by atoms with van der Waals surface area (Å²) in [5.41, 5.74) is 3.54. The molecule has 1 atom stereocenters. The van der Waals surface area contributed by atoms with Crippen LogP contribution in [0.2, 0.25) is 0 Å². The highest BCUT2D eigenvalue weighted by molar-refractivity contribution is 6.01. The predicted octanol–water partition coefficient (Wildman–Crippen LogP) is 4.72. The van der Waals surface area contributed by atoms with E-state index in [2.05, 4.69) is 10.6 Å². The Bertz CT molecular complexity index is 1220. The summed E-state index contributed by atoms with van der Waals surface area (Å²) in [7, 11) is 0. The lowest BCUT2D eigenvalue weighted by atomic mass is 9.88. The molecule has 33 heavy (non-hydrogen) atoms. The Morgan fingerprint density at radius 2 is 1.91 bits per heavy atom. The molecular weight excluding hydrogens is 421 g/mol. The van der Waals surface area contributed by atoms with Gasteiger partial charge in [0.25, 0.3) is 0 Å². The molecule has 0 spiro atoms. The number of carbonyl (C=O) groups is 2. The van der Waals surface area contributed by atoms with Crippen LogP contribution in [0.5, 0.6) is 0 Å². The van der Waals surface area contributed by atoms with Gasteiger partial charge in [-0.2, -0.15) is 0 Å². The lowest BCUT2D eigenvalue weighted by Gasteiger charge is -2.33. The molecule has 0 saturated heterocycles. The summed E-state index contributed by atoms with van der Waals surface area (Å²) in [6, 6.07) is 17.1. The molecule has 7 heteroatoms. The van der Waals surface area contributed by atoms with Gasteiger partial charge < -0.3 is 20.0 Å². The minimum Gasteiger partial charge on any atom is -0.467 e. The van der Waals surface area contributed by atoms with E-state index >= 15 is 0 Å². The number of amides is 1. The average Bonchev–Trinajstić information content (AvgIpc) is 3.30. The van der Waals surface area contributed by atoms with E-state index in [0.29, 0.717) is 23.3 Å². The summed E-state index contributed by atoms with van der Waals surface area (Å²) in [4.78, 5) is 28.0. The van der Waals surface area contributed by atoms with Crippen molar-refractivity contribution in [2.24, 2.45) is 0 Å². The number of fused-ring (bicyclic) bond motifs is 1. The van der Waals surface area contributed by atoms with E-state index in [0.717, 1.165) is 29.9 Å². The number of hydrogen-bond donors (Lipinski definition) is 2. The number of halogens is 1. The summed E-state index contributed by atoms with van der Waals surface area (Å²) in [5.74, 6) is 0.00276. The van der Waals surface area contributed by atoms with E-state index in [9.17, 15) is 14.0 Å². The van der Waals surface area contributed by atoms with Gasteiger partial charge in [0.2, 0.25) is 5.91 Å². The summed E-state index contributed by atoms with van der Waals surface area (Å²) < 4.78 is 19.8. The molecule has 2 aromatic carbocycles. The van der Waals surface area contributed by atoms with Crippen LogP contribution in [0.1, 0.15) is 36.6 Å². The Hall–Kier alpha value is -3.87. The van der Waals surface area contributed by atoms with Crippen molar-refractivity contribution < 1.29 is 18.4 Å². The third-order valence-electron chi connectivity index (χ3n) is 6.10. The Labute approximate surface area is 191 Å². The van der Waals surface area contributed by atoms with E-state index in [1.807, 2.05) is 35.2 Å². The fourth-order valence-electron chi connectivity index (χ4n) is 4.56. The van der Waals surface area contributed by atoms with Crippen molar-refractivity contribution in [3.63, 3.8) is 0 Å². The Kier molecular flexibility index (Phi) is 5.69. The lowest BCUT2D eigenvalue weighted by Crippen LogP contribution is -2.41. The van der Waals surface area contributed by atoms with Gasteiger partial charge in [-0.15, -0.1) is 0 Å². The maximum absolute atomic E-state index is 14.0. The van der Waals surface area contributed by atoms with Crippen LogP contribution < -0.4 is 15.5 Å². The molecule has 0 radical (unpaired) electrons. The first-order valence-corrected chi connectivity index (χ1v) is 11.0. The number of nitrogens with zero attached hydrogens (tertiary/aromatic N) is 1. The van der Waals surface area contributed by atoms with E-state index in [4.69, 9.17) is 4.42 Å². The van der Waals surface area contributed by atoms with Crippen LogP contribution in [0.3, 0.4) is 0 Å². The number of anilines is 2. The molecule has 0 bridgehead atoms. The number of ketones is 1. The largest absolute Gasteiger partial charge is 0.467 e. The number of carbonyl (C=O) groups excluding carboxylic acids is 2. The SMILES string of the molecule is O=C(CN1c2ccccc2NC2=C(C(=O)CCC2)[C@@H]1c1ccco1)NCc1ccccc1F. The van der Waals surface area contributed by atoms with E-state index < -0.39 is 6.04 Å². The first-order chi connectivity index (χ1) is 16.1. The van der Waals surface area contributed by atoms with Gasteiger partial charge in [0.15, 0.2) is 5.78 Å². The van der Waals surface area contributed by atoms with Crippen molar-refractivity contribution in [1.29, 1.82) is 0 Å². The van der Waals surface area contributed by atoms with Gasteiger partial charge in [0, 0.05) is 29.8 Å². The molecule has 2 N–H and O–H groups in total. The van der Waals surface area contributed by atoms with Crippen molar-refractivity contribution in [2.45, 2.75) is 31.8 Å². The Morgan fingerprint density at radius 3 is 2.73 bits per heavy atom. The molecule has 168 valence electrons. The molecule has 1 amide bonds. The van der Waals surface area contributed by atoms with Crippen LogP contribution in [0.4, 0.5) is 15.8 Å². The first kappa shape index (κ1) is 21.0. The second-order valence-electron chi connectivity index (χ2n) is 8.23. The Morgan fingerprint density at radius 1 is 1.09 bits per heavy atom. The molecule has 0 unspecified atom stereocenters. The van der Waals surface area contributed by atoms with Crippen molar-refractivity contribution in [3.8, 4) is 0 Å². The lowest BCUT2D eigenvalue weighted by molar-refractivity contribution is -0.120. The second-order valence-corrected chi connectivity index (χ2v) is 8.23. The second kappa shape index (κ2) is 8.94. The molecule has 2 heterocycles. The van der Waals surface area contributed by atoms with E-state index in [-0.39, 0.29) is 30.6 Å². The maximum atomic E-state index is 14.0. The number of para-hydroxylation sites is 2. The predicted molar refractivity (Wildman–Crippen MR) is 123 cm³/mol. The zero-order chi connectivity index (χ0) is 22.8. The monoisotopic (exact) mass is 445 g/mol. The standard InChI is InChI=1S/C26H24FN3O3/c27-18-8-2-1-7-17(18)15-28-24(32)16-30-21-11-4-3-9-19(21)29-20-10-5-12-22(31)25(20)26(30)23-13-6-14-33-23/h1-4,6-9,11,13-14,26,29H,5,10,12,15-16H2,(H,28,32)/t26-/m0/s1. The molecule has 0 saturated carbocycles. The average molecular weight is 445 g/mol. The van der Waals surface area contributed by atoms with Gasteiger partial charge in [-0.1, -0.05) is 30.3 Å². The molecule has 1 aliphatic carbocycles. The summed E-state index contributed by atoms with van der Waals surface area (Å²) in [6.45, 7) is 0.0557. The highest BCUT2D eigenvalue weighted by Crippen LogP contribution is 2.44. The number of hydrogen-bond acceptors (Lipinski definition) is 5. The van der Waals surface area contributed by atoms with Gasteiger partial charge in [0.1, 0.15) is 17.6 Å². The molecule has 3 aromatic rings. The van der Waals surface area contributed by atoms with Crippen LogP contribution in [-0.2, 0) is 16.1 Å². The normalized spacial score (nSPS) is 17.7. The molecular formula is C26H24FN3O3. The van der Waals surface area contributed by atoms with Gasteiger partial charge in [-0.3, -0.25) is 9.59 Å². The van der Waals surface area contributed by atoms with Crippen molar-refractivity contribution >= 4 is 23.1 Å². The van der Waals surface area contributed by atoms with Crippen LogP contribution in [0.15, 0.2) is 82.6 Å². The van der Waals surface area contributed by atoms with Crippen molar-refractivity contribution in [1.82, 2.24) is 5.32 Å². The smallest absolute Gasteiger partial charge is 0.239 e. The highest BCUT2D eigenvalue weighted by atomic mass is 19.1. The Balaban J connectivity index is 1.51. The third-order valence-corrected chi connectivity index (χ3v) is 6.10. The van der Waals surface area contributed by atoms with Gasteiger partial charge in [-0.05, 0) is 43.2 Å². The molecule has 1 aromatic heterocycles. The van der Waals surface area contributed by atoms with Gasteiger partial charge in [-0.25, -0.2) is 4.39 Å². The van der Waals surface area contributed by atoms with Gasteiger partial charge in [0.05, 0.1) is 24.2 Å². The maximum Gasteiger partial charge on any atom is 0.239 e. The van der Waals surface area contributed by atoms with Crippen LogP contribution >= 0.6 is 0 Å². The summed E-state index contributed by atoms with van der Waals surface area (Å²) >= 11 is 0. The minimum atomic E-state index is -0.543. The van der Waals surface area contributed by atoms with E-state index in [1.165, 1.54) is 6.07 Å². The molecule has 0 fully saturated rings. The quantitative estimate of drug-likeness (QED) is 0.595. The zero-order valence-corrected chi connectivity index (χ0v) is 18.0. The fourth-order valence-corrected chi connectivity index (χ4v) is 4.56. The highest BCUT2D eigenvalue weighted by Gasteiger charge is 2.38. The third kappa shape index (κ3) is 4.14. The van der Waals surface area contributed by atoms with Gasteiger partial charge >= 0.3 is 0 Å². The van der Waals surface area contributed by atoms with Crippen molar-refractivity contribution in [2.75, 3.05) is 16.8 Å². The van der Waals surface area contributed by atoms with Crippen LogP contribution in [-0.4, -0.2) is 18.2 Å². The fraction of sp³-hybridized carbons (Fsp3) is 0.231. The van der Waals surface area contributed by atoms with Crippen LogP contribution in [0, 0.1) is 5.82 Å². The minimum absolute atomic E-state index is 0.0252. The summed E-state index contributed by atoms with van der Waals surface area (Å²) in [6.07, 6.45) is 3.56. The first-order valence-electron chi connectivity index (χ1n) is 11.0. The van der Waals surface area contributed by atoms with E-state index in [1.54, 1.807) is 30.5 Å². The zero-order valence-electron chi connectivity index (χ0n) is 18.0. The number of furan rings is 1. The molecule has 5 rings (SSSR count). The molecule has 2 aliphatic rings. The number of benzene rings is 2.